The van der Waals surface area contributed by atoms with Crippen molar-refractivity contribution in [3.8, 4) is 12.3 Å². The molecule has 30 heavy (non-hydrogen) atoms. The molecule has 0 aliphatic carbocycles. The molecule has 0 saturated heterocycles. The Bertz CT molecular complexity index is 1380. The molecule has 1 heterocycles. The standard InChI is InChI=1S/C20H17N3O5S2/c1-4-10-22-17-9-8-15(23(25)26)12-18(17)29-20(22)21-19(24)14-6-5-7-16(11-14)30(27,28)13(2)3/h1,5-9,11-13H,10H2,2-3H3. The summed E-state index contributed by atoms with van der Waals surface area (Å²) in [4.78, 5) is 27.7. The molecule has 0 radical (unpaired) electrons. The van der Waals surface area contributed by atoms with Crippen molar-refractivity contribution in [1.82, 2.24) is 4.57 Å². The van der Waals surface area contributed by atoms with E-state index in [1.54, 1.807) is 24.5 Å². The number of nitrogens with zero attached hydrogens (tertiary/aromatic N) is 3. The van der Waals surface area contributed by atoms with Crippen LogP contribution in [-0.4, -0.2) is 29.1 Å². The molecule has 8 nitrogen and oxygen atoms in total. The number of fused-ring (bicyclic) bond motifs is 1. The van der Waals surface area contributed by atoms with Crippen LogP contribution in [0.25, 0.3) is 10.2 Å². The Morgan fingerprint density at radius 3 is 2.67 bits per heavy atom. The lowest BCUT2D eigenvalue weighted by Crippen LogP contribution is -2.17. The van der Waals surface area contributed by atoms with Crippen molar-refractivity contribution >= 4 is 43.0 Å². The molecule has 1 amide bonds. The number of non-ortho nitro benzene ring substituents is 1. The Morgan fingerprint density at radius 2 is 2.03 bits per heavy atom. The molecule has 0 spiro atoms. The summed E-state index contributed by atoms with van der Waals surface area (Å²) in [6.45, 7) is 3.24. The smallest absolute Gasteiger partial charge is 0.279 e. The minimum atomic E-state index is -3.54. The highest BCUT2D eigenvalue weighted by Gasteiger charge is 2.20. The molecule has 154 valence electrons. The minimum Gasteiger partial charge on any atom is -0.305 e. The maximum Gasteiger partial charge on any atom is 0.279 e. The fraction of sp³-hybridized carbons (Fsp3) is 0.200. The number of rotatable bonds is 5. The van der Waals surface area contributed by atoms with E-state index in [0.717, 1.165) is 11.3 Å². The van der Waals surface area contributed by atoms with Gasteiger partial charge in [0, 0.05) is 17.7 Å². The minimum absolute atomic E-state index is 0.0435. The van der Waals surface area contributed by atoms with Gasteiger partial charge in [-0.3, -0.25) is 14.9 Å². The number of thiazole rings is 1. The van der Waals surface area contributed by atoms with E-state index in [0.29, 0.717) is 10.2 Å². The molecule has 0 unspecified atom stereocenters. The third kappa shape index (κ3) is 4.03. The van der Waals surface area contributed by atoms with Crippen LogP contribution in [0.3, 0.4) is 0 Å². The summed E-state index contributed by atoms with van der Waals surface area (Å²) in [5.41, 5.74) is 0.653. The first-order valence-corrected chi connectivity index (χ1v) is 11.2. The van der Waals surface area contributed by atoms with Gasteiger partial charge in [0.2, 0.25) is 0 Å². The van der Waals surface area contributed by atoms with Gasteiger partial charge < -0.3 is 4.57 Å². The van der Waals surface area contributed by atoms with Gasteiger partial charge in [0.15, 0.2) is 14.6 Å². The predicted molar refractivity (Wildman–Crippen MR) is 114 cm³/mol. The van der Waals surface area contributed by atoms with Gasteiger partial charge in [-0.05, 0) is 38.1 Å². The second-order valence-corrected chi connectivity index (χ2v) is 10.1. The number of terminal acetylenes is 1. The zero-order valence-electron chi connectivity index (χ0n) is 16.1. The number of sulfone groups is 1. The number of carbonyl (C=O) groups excluding carboxylic acids is 1. The average Bonchev–Trinajstić information content (AvgIpc) is 3.04. The zero-order valence-corrected chi connectivity index (χ0v) is 17.7. The average molecular weight is 444 g/mol. The molecule has 0 aliphatic heterocycles. The summed E-state index contributed by atoms with van der Waals surface area (Å²) >= 11 is 1.09. The van der Waals surface area contributed by atoms with Crippen LogP contribution in [-0.2, 0) is 16.4 Å². The summed E-state index contributed by atoms with van der Waals surface area (Å²) in [5.74, 6) is 1.84. The molecule has 0 bridgehead atoms. The summed E-state index contributed by atoms with van der Waals surface area (Å²) in [6.07, 6.45) is 5.43. The van der Waals surface area contributed by atoms with Crippen LogP contribution in [0.1, 0.15) is 24.2 Å². The highest BCUT2D eigenvalue weighted by Crippen LogP contribution is 2.23. The molecule has 3 rings (SSSR count). The lowest BCUT2D eigenvalue weighted by atomic mass is 10.2. The summed E-state index contributed by atoms with van der Waals surface area (Å²) < 4.78 is 26.9. The maximum absolute atomic E-state index is 12.7. The van der Waals surface area contributed by atoms with E-state index < -0.39 is 25.9 Å². The second kappa shape index (κ2) is 8.22. The van der Waals surface area contributed by atoms with Crippen molar-refractivity contribution in [3.63, 3.8) is 0 Å². The first kappa shape index (κ1) is 21.4. The van der Waals surface area contributed by atoms with Crippen molar-refractivity contribution in [2.45, 2.75) is 30.5 Å². The van der Waals surface area contributed by atoms with Gasteiger partial charge in [0.05, 0.1) is 31.8 Å². The molecule has 0 saturated carbocycles. The van der Waals surface area contributed by atoms with Crippen LogP contribution < -0.4 is 4.80 Å². The van der Waals surface area contributed by atoms with Gasteiger partial charge in [0.25, 0.3) is 11.6 Å². The molecular formula is C20H17N3O5S2. The third-order valence-corrected chi connectivity index (χ3v) is 7.55. The number of amides is 1. The zero-order chi connectivity index (χ0) is 22.1. The van der Waals surface area contributed by atoms with Crippen LogP contribution in [0.2, 0.25) is 0 Å². The third-order valence-electron chi connectivity index (χ3n) is 4.35. The van der Waals surface area contributed by atoms with Gasteiger partial charge in [-0.1, -0.05) is 23.3 Å². The van der Waals surface area contributed by atoms with Crippen LogP contribution in [0.15, 0.2) is 52.4 Å². The largest absolute Gasteiger partial charge is 0.305 e. The Kier molecular flexibility index (Phi) is 5.87. The fourth-order valence-electron chi connectivity index (χ4n) is 2.73. The van der Waals surface area contributed by atoms with Crippen molar-refractivity contribution in [1.29, 1.82) is 0 Å². The van der Waals surface area contributed by atoms with Crippen molar-refractivity contribution in [2.75, 3.05) is 0 Å². The van der Waals surface area contributed by atoms with Crippen molar-refractivity contribution < 1.29 is 18.1 Å². The normalized spacial score (nSPS) is 12.3. The molecule has 0 N–H and O–H groups in total. The summed E-state index contributed by atoms with van der Waals surface area (Å²) in [5, 5.41) is 10.4. The van der Waals surface area contributed by atoms with Gasteiger partial charge in [0.1, 0.15) is 0 Å². The van der Waals surface area contributed by atoms with Gasteiger partial charge in [-0.2, -0.15) is 4.99 Å². The van der Waals surface area contributed by atoms with E-state index in [2.05, 4.69) is 10.9 Å². The molecular weight excluding hydrogens is 426 g/mol. The lowest BCUT2D eigenvalue weighted by molar-refractivity contribution is -0.384. The number of nitro groups is 1. The van der Waals surface area contributed by atoms with E-state index in [1.807, 2.05) is 0 Å². The summed E-state index contributed by atoms with van der Waals surface area (Å²) in [7, 11) is -3.54. The number of benzene rings is 2. The van der Waals surface area contributed by atoms with Crippen molar-refractivity contribution in [3.05, 3.63) is 62.9 Å². The van der Waals surface area contributed by atoms with Crippen LogP contribution in [0.4, 0.5) is 5.69 Å². The predicted octanol–water partition coefficient (Wildman–Crippen LogP) is 3.17. The maximum atomic E-state index is 12.7. The Labute approximate surface area is 176 Å². The van der Waals surface area contributed by atoms with Gasteiger partial charge in [-0.15, -0.1) is 6.42 Å². The van der Waals surface area contributed by atoms with E-state index in [1.165, 1.54) is 36.4 Å². The summed E-state index contributed by atoms with van der Waals surface area (Å²) in [6, 6.07) is 10.0. The Balaban J connectivity index is 2.13. The highest BCUT2D eigenvalue weighted by molar-refractivity contribution is 7.92. The number of carbonyl (C=O) groups is 1. The molecule has 0 atom stereocenters. The molecule has 3 aromatic rings. The molecule has 0 aliphatic rings. The Hall–Kier alpha value is -3.29. The van der Waals surface area contributed by atoms with E-state index in [4.69, 9.17) is 6.42 Å². The fourth-order valence-corrected chi connectivity index (χ4v) is 4.90. The second-order valence-electron chi connectivity index (χ2n) is 6.62. The van der Waals surface area contributed by atoms with Crippen LogP contribution >= 0.6 is 11.3 Å². The van der Waals surface area contributed by atoms with E-state index in [-0.39, 0.29) is 27.5 Å². The number of hydrogen-bond acceptors (Lipinski definition) is 6. The van der Waals surface area contributed by atoms with E-state index >= 15 is 0 Å². The first-order chi connectivity index (χ1) is 14.1. The Morgan fingerprint density at radius 1 is 1.30 bits per heavy atom. The molecule has 1 aromatic heterocycles. The first-order valence-electron chi connectivity index (χ1n) is 8.79. The topological polar surface area (TPSA) is 112 Å². The van der Waals surface area contributed by atoms with E-state index in [9.17, 15) is 23.3 Å². The quantitative estimate of drug-likeness (QED) is 0.342. The van der Waals surface area contributed by atoms with Gasteiger partial charge >= 0.3 is 0 Å². The molecule has 0 fully saturated rings. The highest BCUT2D eigenvalue weighted by atomic mass is 32.2. The lowest BCUT2D eigenvalue weighted by Gasteiger charge is -2.08. The van der Waals surface area contributed by atoms with Crippen LogP contribution in [0, 0.1) is 22.5 Å². The monoisotopic (exact) mass is 443 g/mol. The number of aromatic nitrogens is 1. The molecule has 10 heteroatoms. The SMILES string of the molecule is C#CCn1c(=NC(=O)c2cccc(S(=O)(=O)C(C)C)c2)sc2cc([N+](=O)[O-])ccc21. The van der Waals surface area contributed by atoms with Crippen LogP contribution in [0.5, 0.6) is 0 Å². The van der Waals surface area contributed by atoms with Crippen molar-refractivity contribution in [2.24, 2.45) is 4.99 Å². The molecule has 2 aromatic carbocycles. The number of nitro benzene ring substituents is 1. The number of hydrogen-bond donors (Lipinski definition) is 0. The van der Waals surface area contributed by atoms with Gasteiger partial charge in [-0.25, -0.2) is 8.42 Å².